The molecule has 19 heavy (non-hydrogen) atoms. The average Bonchev–Trinajstić information content (AvgIpc) is 2.46. The zero-order valence-corrected chi connectivity index (χ0v) is 11.6. The number of carbonyl (C=O) groups excluding carboxylic acids is 1. The van der Waals surface area contributed by atoms with Gasteiger partial charge >= 0.3 is 0 Å². The molecular weight excluding hydrogens is 238 g/mol. The van der Waals surface area contributed by atoms with Crippen LogP contribution in [-0.2, 0) is 11.2 Å². The SMILES string of the molecule is CNC(=O)C1CCCCN1CCc1ccc(N)cc1. The number of nitrogens with zero attached hydrogens (tertiary/aromatic N) is 1. The fourth-order valence-electron chi connectivity index (χ4n) is 2.68. The lowest BCUT2D eigenvalue weighted by atomic mass is 10.0. The Bertz CT molecular complexity index is 416. The van der Waals surface area contributed by atoms with Gasteiger partial charge in [0.25, 0.3) is 0 Å². The van der Waals surface area contributed by atoms with Crippen LogP contribution in [0, 0.1) is 0 Å². The molecule has 0 aromatic heterocycles. The normalized spacial score (nSPS) is 20.2. The molecule has 0 aliphatic carbocycles. The minimum atomic E-state index is 0.0486. The summed E-state index contributed by atoms with van der Waals surface area (Å²) in [6, 6.07) is 8.04. The molecule has 4 nitrogen and oxygen atoms in total. The predicted molar refractivity (Wildman–Crippen MR) is 77.8 cm³/mol. The van der Waals surface area contributed by atoms with E-state index in [1.165, 1.54) is 12.0 Å². The lowest BCUT2D eigenvalue weighted by Crippen LogP contribution is -2.49. The van der Waals surface area contributed by atoms with Crippen LogP contribution in [0.1, 0.15) is 24.8 Å². The maximum Gasteiger partial charge on any atom is 0.237 e. The number of amides is 1. The molecule has 3 N–H and O–H groups in total. The minimum Gasteiger partial charge on any atom is -0.399 e. The Kier molecular flexibility index (Phi) is 4.80. The molecule has 1 aliphatic rings. The largest absolute Gasteiger partial charge is 0.399 e. The smallest absolute Gasteiger partial charge is 0.237 e. The van der Waals surface area contributed by atoms with Crippen LogP contribution in [0.25, 0.3) is 0 Å². The number of piperidine rings is 1. The molecule has 0 saturated carbocycles. The molecule has 1 atom stereocenters. The number of nitrogens with two attached hydrogens (primary N) is 1. The van der Waals surface area contributed by atoms with Crippen LogP contribution in [0.5, 0.6) is 0 Å². The molecular formula is C15H23N3O. The van der Waals surface area contributed by atoms with E-state index in [1.807, 2.05) is 12.1 Å². The molecule has 1 fully saturated rings. The number of benzene rings is 1. The summed E-state index contributed by atoms with van der Waals surface area (Å²) in [5, 5.41) is 2.77. The summed E-state index contributed by atoms with van der Waals surface area (Å²) < 4.78 is 0. The Labute approximate surface area is 115 Å². The van der Waals surface area contributed by atoms with E-state index in [4.69, 9.17) is 5.73 Å². The highest BCUT2D eigenvalue weighted by molar-refractivity contribution is 5.81. The van der Waals surface area contributed by atoms with Gasteiger partial charge in [-0.1, -0.05) is 18.6 Å². The van der Waals surface area contributed by atoms with Gasteiger partial charge < -0.3 is 11.1 Å². The first-order valence-corrected chi connectivity index (χ1v) is 7.01. The fraction of sp³-hybridized carbons (Fsp3) is 0.533. The van der Waals surface area contributed by atoms with E-state index in [2.05, 4.69) is 22.3 Å². The number of hydrogen-bond donors (Lipinski definition) is 2. The van der Waals surface area contributed by atoms with Crippen LogP contribution in [0.2, 0.25) is 0 Å². The highest BCUT2D eigenvalue weighted by atomic mass is 16.2. The molecule has 0 bridgehead atoms. The number of likely N-dealkylation sites (tertiary alicyclic amines) is 1. The van der Waals surface area contributed by atoms with Crippen LogP contribution >= 0.6 is 0 Å². The van der Waals surface area contributed by atoms with Crippen molar-refractivity contribution in [2.75, 3.05) is 25.9 Å². The monoisotopic (exact) mass is 261 g/mol. The van der Waals surface area contributed by atoms with Crippen molar-refractivity contribution in [3.63, 3.8) is 0 Å². The Balaban J connectivity index is 1.92. The quantitative estimate of drug-likeness (QED) is 0.806. The summed E-state index contributed by atoms with van der Waals surface area (Å²) in [4.78, 5) is 14.2. The summed E-state index contributed by atoms with van der Waals surface area (Å²) in [5.41, 5.74) is 7.75. The van der Waals surface area contributed by atoms with Crippen molar-refractivity contribution in [1.82, 2.24) is 10.2 Å². The number of likely N-dealkylation sites (N-methyl/N-ethyl adjacent to an activating group) is 1. The van der Waals surface area contributed by atoms with Crippen molar-refractivity contribution in [1.29, 1.82) is 0 Å². The first kappa shape index (κ1) is 13.9. The zero-order valence-electron chi connectivity index (χ0n) is 11.6. The topological polar surface area (TPSA) is 58.4 Å². The van der Waals surface area contributed by atoms with Crippen molar-refractivity contribution in [2.24, 2.45) is 0 Å². The van der Waals surface area contributed by atoms with Gasteiger partial charge in [-0.15, -0.1) is 0 Å². The van der Waals surface area contributed by atoms with Gasteiger partial charge in [-0.05, 0) is 43.5 Å². The fourth-order valence-corrected chi connectivity index (χ4v) is 2.68. The van der Waals surface area contributed by atoms with Gasteiger partial charge in [0.05, 0.1) is 6.04 Å². The van der Waals surface area contributed by atoms with Crippen molar-refractivity contribution in [2.45, 2.75) is 31.7 Å². The molecule has 1 amide bonds. The van der Waals surface area contributed by atoms with Crippen molar-refractivity contribution >= 4 is 11.6 Å². The summed E-state index contributed by atoms with van der Waals surface area (Å²) in [5.74, 6) is 0.150. The predicted octanol–water partition coefficient (Wildman–Crippen LogP) is 1.41. The Morgan fingerprint density at radius 1 is 1.37 bits per heavy atom. The zero-order chi connectivity index (χ0) is 13.7. The summed E-state index contributed by atoms with van der Waals surface area (Å²) in [7, 11) is 1.72. The Morgan fingerprint density at radius 2 is 2.11 bits per heavy atom. The molecule has 1 aliphatic heterocycles. The number of anilines is 1. The summed E-state index contributed by atoms with van der Waals surface area (Å²) in [6.07, 6.45) is 4.28. The first-order chi connectivity index (χ1) is 9.20. The third kappa shape index (κ3) is 3.70. The third-order valence-corrected chi connectivity index (χ3v) is 3.83. The highest BCUT2D eigenvalue weighted by Crippen LogP contribution is 2.18. The molecule has 4 heteroatoms. The Hall–Kier alpha value is -1.55. The average molecular weight is 261 g/mol. The molecule has 0 radical (unpaired) electrons. The third-order valence-electron chi connectivity index (χ3n) is 3.83. The number of nitrogen functional groups attached to an aromatic ring is 1. The second kappa shape index (κ2) is 6.57. The van der Waals surface area contributed by atoms with Crippen LogP contribution < -0.4 is 11.1 Å². The van der Waals surface area contributed by atoms with Crippen LogP contribution in [0.4, 0.5) is 5.69 Å². The van der Waals surface area contributed by atoms with E-state index in [0.29, 0.717) is 0 Å². The van der Waals surface area contributed by atoms with Gasteiger partial charge in [-0.25, -0.2) is 0 Å². The van der Waals surface area contributed by atoms with E-state index in [1.54, 1.807) is 7.05 Å². The lowest BCUT2D eigenvalue weighted by Gasteiger charge is -2.34. The molecule has 1 heterocycles. The number of carbonyl (C=O) groups is 1. The molecule has 1 unspecified atom stereocenters. The van der Waals surface area contributed by atoms with E-state index in [9.17, 15) is 4.79 Å². The summed E-state index contributed by atoms with van der Waals surface area (Å²) >= 11 is 0. The highest BCUT2D eigenvalue weighted by Gasteiger charge is 2.27. The standard InChI is InChI=1S/C15H23N3O/c1-17-15(19)14-4-2-3-10-18(14)11-9-12-5-7-13(16)8-6-12/h5-8,14H,2-4,9-11,16H2,1H3,(H,17,19). The van der Waals surface area contributed by atoms with Crippen molar-refractivity contribution < 1.29 is 4.79 Å². The maximum absolute atomic E-state index is 11.9. The van der Waals surface area contributed by atoms with E-state index in [-0.39, 0.29) is 11.9 Å². The second-order valence-corrected chi connectivity index (χ2v) is 5.15. The maximum atomic E-state index is 11.9. The molecule has 1 aromatic rings. The second-order valence-electron chi connectivity index (χ2n) is 5.15. The van der Waals surface area contributed by atoms with Gasteiger partial charge in [0, 0.05) is 19.3 Å². The van der Waals surface area contributed by atoms with Crippen molar-refractivity contribution in [3.8, 4) is 0 Å². The van der Waals surface area contributed by atoms with Gasteiger partial charge in [0.15, 0.2) is 0 Å². The molecule has 1 aromatic carbocycles. The molecule has 104 valence electrons. The number of hydrogen-bond acceptors (Lipinski definition) is 3. The minimum absolute atomic E-state index is 0.0486. The Morgan fingerprint density at radius 3 is 2.79 bits per heavy atom. The van der Waals surface area contributed by atoms with Gasteiger partial charge in [0.1, 0.15) is 0 Å². The number of rotatable bonds is 4. The lowest BCUT2D eigenvalue weighted by molar-refractivity contribution is -0.127. The first-order valence-electron chi connectivity index (χ1n) is 7.01. The van der Waals surface area contributed by atoms with E-state index < -0.39 is 0 Å². The van der Waals surface area contributed by atoms with Gasteiger partial charge in [-0.3, -0.25) is 9.69 Å². The van der Waals surface area contributed by atoms with E-state index in [0.717, 1.165) is 38.0 Å². The van der Waals surface area contributed by atoms with Gasteiger partial charge in [0.2, 0.25) is 5.91 Å². The van der Waals surface area contributed by atoms with Gasteiger partial charge in [-0.2, -0.15) is 0 Å². The van der Waals surface area contributed by atoms with Crippen LogP contribution in [0.15, 0.2) is 24.3 Å². The van der Waals surface area contributed by atoms with E-state index >= 15 is 0 Å². The number of nitrogens with one attached hydrogen (secondary N) is 1. The molecule has 2 rings (SSSR count). The van der Waals surface area contributed by atoms with Crippen LogP contribution in [-0.4, -0.2) is 37.0 Å². The molecule has 0 spiro atoms. The summed E-state index contributed by atoms with van der Waals surface area (Å²) in [6.45, 7) is 1.95. The molecule has 1 saturated heterocycles. The van der Waals surface area contributed by atoms with Crippen molar-refractivity contribution in [3.05, 3.63) is 29.8 Å². The van der Waals surface area contributed by atoms with Crippen LogP contribution in [0.3, 0.4) is 0 Å².